The van der Waals surface area contributed by atoms with Gasteiger partial charge in [0.05, 0.1) is 5.54 Å². The topological polar surface area (TPSA) is 20.3 Å². The van der Waals surface area contributed by atoms with E-state index in [1.165, 1.54) is 38.5 Å². The number of hydrogen-bond donors (Lipinski definition) is 0. The van der Waals surface area contributed by atoms with E-state index in [1.54, 1.807) is 0 Å². The van der Waals surface area contributed by atoms with Gasteiger partial charge in [0.2, 0.25) is 0 Å². The van der Waals surface area contributed by atoms with E-state index < -0.39 is 0 Å². The van der Waals surface area contributed by atoms with Gasteiger partial charge in [-0.1, -0.05) is 25.8 Å². The van der Waals surface area contributed by atoms with Gasteiger partial charge < -0.3 is 0 Å². The summed E-state index contributed by atoms with van der Waals surface area (Å²) in [6, 6.07) is 0.680. The molecule has 2 aliphatic heterocycles. The van der Waals surface area contributed by atoms with Crippen molar-refractivity contribution in [3.05, 3.63) is 12.2 Å². The van der Waals surface area contributed by atoms with Gasteiger partial charge >= 0.3 is 0 Å². The van der Waals surface area contributed by atoms with E-state index in [4.69, 9.17) is 0 Å². The zero-order valence-electron chi connectivity index (χ0n) is 11.5. The van der Waals surface area contributed by atoms with Gasteiger partial charge in [-0.05, 0) is 57.1 Å². The molecule has 2 nitrogen and oxygen atoms in total. The van der Waals surface area contributed by atoms with E-state index in [9.17, 15) is 4.79 Å². The second-order valence-electron chi connectivity index (χ2n) is 6.29. The van der Waals surface area contributed by atoms with Gasteiger partial charge in [-0.3, -0.25) is 9.69 Å². The molecular formula is C16H25NO. The lowest BCUT2D eigenvalue weighted by molar-refractivity contribution is -0.134. The highest BCUT2D eigenvalue weighted by Crippen LogP contribution is 2.49. The second-order valence-corrected chi connectivity index (χ2v) is 6.29. The minimum absolute atomic E-state index is 0.0780. The van der Waals surface area contributed by atoms with Crippen molar-refractivity contribution >= 4 is 5.78 Å². The van der Waals surface area contributed by atoms with Crippen molar-refractivity contribution in [1.29, 1.82) is 0 Å². The molecule has 0 aromatic heterocycles. The summed E-state index contributed by atoms with van der Waals surface area (Å²) in [6.45, 7) is 3.42. The fourth-order valence-corrected chi connectivity index (χ4v) is 4.60. The molecule has 2 saturated heterocycles. The van der Waals surface area contributed by atoms with E-state index >= 15 is 0 Å². The Morgan fingerprint density at radius 2 is 2.33 bits per heavy atom. The van der Waals surface area contributed by atoms with Crippen LogP contribution in [0.5, 0.6) is 0 Å². The third kappa shape index (κ3) is 1.69. The molecule has 18 heavy (non-hydrogen) atoms. The lowest BCUT2D eigenvalue weighted by atomic mass is 9.67. The molecule has 1 aliphatic carbocycles. The van der Waals surface area contributed by atoms with Crippen LogP contribution in [0.25, 0.3) is 0 Å². The van der Waals surface area contributed by atoms with Crippen molar-refractivity contribution < 1.29 is 4.79 Å². The standard InChI is InChI=1S/C16H25NO/c1-2-3-7-14-10-9-13-6-4-8-15(18)16(13)11-5-12-17(14)16/h4,8,13-14H,2-3,5-7,9-12H2,1H3. The first kappa shape index (κ1) is 12.4. The SMILES string of the molecule is CCCCC1CCC2CC=CC(=O)C23CCCN13. The fourth-order valence-electron chi connectivity index (χ4n) is 4.60. The fraction of sp³-hybridized carbons (Fsp3) is 0.812. The first-order valence-electron chi connectivity index (χ1n) is 7.76. The summed E-state index contributed by atoms with van der Waals surface area (Å²) in [4.78, 5) is 15.1. The Bertz CT molecular complexity index is 362. The van der Waals surface area contributed by atoms with Crippen LogP contribution in [0.2, 0.25) is 0 Å². The summed E-state index contributed by atoms with van der Waals surface area (Å²) in [6.07, 6.45) is 13.9. The summed E-state index contributed by atoms with van der Waals surface area (Å²) in [5.74, 6) is 1.02. The van der Waals surface area contributed by atoms with Crippen LogP contribution in [0, 0.1) is 5.92 Å². The van der Waals surface area contributed by atoms with Crippen molar-refractivity contribution in [2.45, 2.75) is 69.9 Å². The van der Waals surface area contributed by atoms with Crippen LogP contribution < -0.4 is 0 Å². The Morgan fingerprint density at radius 1 is 1.44 bits per heavy atom. The maximum absolute atomic E-state index is 12.5. The number of piperidine rings is 1. The number of rotatable bonds is 3. The Hall–Kier alpha value is -0.630. The lowest BCUT2D eigenvalue weighted by Gasteiger charge is -2.52. The average Bonchev–Trinajstić information content (AvgIpc) is 2.82. The second kappa shape index (κ2) is 4.80. The van der Waals surface area contributed by atoms with E-state index in [0.717, 1.165) is 19.4 Å². The molecule has 100 valence electrons. The van der Waals surface area contributed by atoms with Crippen molar-refractivity contribution in [3.8, 4) is 0 Å². The maximum Gasteiger partial charge on any atom is 0.175 e. The van der Waals surface area contributed by atoms with Crippen molar-refractivity contribution in [2.75, 3.05) is 6.54 Å². The van der Waals surface area contributed by atoms with E-state index in [1.807, 2.05) is 6.08 Å². The minimum atomic E-state index is -0.0780. The van der Waals surface area contributed by atoms with Crippen LogP contribution >= 0.6 is 0 Å². The highest BCUT2D eigenvalue weighted by atomic mass is 16.1. The molecule has 0 radical (unpaired) electrons. The van der Waals surface area contributed by atoms with E-state index in [0.29, 0.717) is 17.7 Å². The molecule has 0 amide bonds. The zero-order valence-corrected chi connectivity index (χ0v) is 11.5. The summed E-state index contributed by atoms with van der Waals surface area (Å²) in [7, 11) is 0. The Labute approximate surface area is 110 Å². The molecule has 2 heteroatoms. The van der Waals surface area contributed by atoms with Crippen molar-refractivity contribution in [2.24, 2.45) is 5.92 Å². The van der Waals surface area contributed by atoms with Gasteiger partial charge in [-0.25, -0.2) is 0 Å². The number of unbranched alkanes of at least 4 members (excludes halogenated alkanes) is 1. The van der Waals surface area contributed by atoms with Crippen molar-refractivity contribution in [1.82, 2.24) is 4.90 Å². The normalized spacial score (nSPS) is 39.7. The molecule has 2 fully saturated rings. The molecule has 3 unspecified atom stereocenters. The van der Waals surface area contributed by atoms with Gasteiger partial charge in [-0.15, -0.1) is 0 Å². The van der Waals surface area contributed by atoms with Crippen LogP contribution in [-0.2, 0) is 4.79 Å². The maximum atomic E-state index is 12.5. The molecule has 0 N–H and O–H groups in total. The Balaban J connectivity index is 1.87. The first-order chi connectivity index (χ1) is 8.79. The van der Waals surface area contributed by atoms with Gasteiger partial charge in [0.25, 0.3) is 0 Å². The molecule has 0 aromatic carbocycles. The largest absolute Gasteiger partial charge is 0.293 e. The van der Waals surface area contributed by atoms with Gasteiger partial charge in [0, 0.05) is 6.04 Å². The predicted molar refractivity (Wildman–Crippen MR) is 73.5 cm³/mol. The van der Waals surface area contributed by atoms with Crippen molar-refractivity contribution in [3.63, 3.8) is 0 Å². The summed E-state index contributed by atoms with van der Waals surface area (Å²) in [5, 5.41) is 0. The predicted octanol–water partition coefficient (Wildman–Crippen LogP) is 3.32. The third-order valence-electron chi connectivity index (χ3n) is 5.44. The van der Waals surface area contributed by atoms with Gasteiger partial charge in [0.1, 0.15) is 0 Å². The minimum Gasteiger partial charge on any atom is -0.293 e. The molecule has 0 bridgehead atoms. The van der Waals surface area contributed by atoms with Crippen LogP contribution in [0.4, 0.5) is 0 Å². The first-order valence-corrected chi connectivity index (χ1v) is 7.76. The summed E-state index contributed by atoms with van der Waals surface area (Å²) < 4.78 is 0. The van der Waals surface area contributed by atoms with Crippen LogP contribution in [0.3, 0.4) is 0 Å². The van der Waals surface area contributed by atoms with Crippen LogP contribution in [0.1, 0.15) is 58.3 Å². The molecule has 0 saturated carbocycles. The number of carbonyl (C=O) groups excluding carboxylic acids is 1. The van der Waals surface area contributed by atoms with Gasteiger partial charge in [0.15, 0.2) is 5.78 Å². The Kier molecular flexibility index (Phi) is 3.31. The number of allylic oxidation sites excluding steroid dienone is 1. The molecule has 1 spiro atoms. The number of nitrogens with zero attached hydrogens (tertiary/aromatic N) is 1. The number of ketones is 1. The highest BCUT2D eigenvalue weighted by molar-refractivity contribution is 5.99. The van der Waals surface area contributed by atoms with E-state index in [2.05, 4.69) is 17.9 Å². The molecule has 0 aromatic rings. The Morgan fingerprint density at radius 3 is 3.17 bits per heavy atom. The van der Waals surface area contributed by atoms with Crippen LogP contribution in [0.15, 0.2) is 12.2 Å². The van der Waals surface area contributed by atoms with Crippen LogP contribution in [-0.4, -0.2) is 28.8 Å². The molecule has 2 heterocycles. The quantitative estimate of drug-likeness (QED) is 0.762. The average molecular weight is 247 g/mol. The van der Waals surface area contributed by atoms with E-state index in [-0.39, 0.29) is 5.54 Å². The highest BCUT2D eigenvalue weighted by Gasteiger charge is 2.56. The summed E-state index contributed by atoms with van der Waals surface area (Å²) >= 11 is 0. The monoisotopic (exact) mass is 247 g/mol. The molecule has 3 atom stereocenters. The molecular weight excluding hydrogens is 222 g/mol. The number of carbonyl (C=O) groups is 1. The lowest BCUT2D eigenvalue weighted by Crippen LogP contribution is -2.62. The zero-order chi connectivity index (χ0) is 12.6. The molecule has 3 aliphatic rings. The number of hydrogen-bond acceptors (Lipinski definition) is 2. The smallest absolute Gasteiger partial charge is 0.175 e. The van der Waals surface area contributed by atoms with Gasteiger partial charge in [-0.2, -0.15) is 0 Å². The summed E-state index contributed by atoms with van der Waals surface area (Å²) in [5.41, 5.74) is -0.0780. The molecule has 3 rings (SSSR count). The third-order valence-corrected chi connectivity index (χ3v) is 5.44.